The Labute approximate surface area is 89.4 Å². The van der Waals surface area contributed by atoms with Gasteiger partial charge in [0.15, 0.2) is 0 Å². The van der Waals surface area contributed by atoms with E-state index in [1.807, 2.05) is 6.07 Å². The number of piperidine rings is 1. The van der Waals surface area contributed by atoms with Crippen LogP contribution in [0.1, 0.15) is 24.8 Å². The molecule has 3 heteroatoms. The van der Waals surface area contributed by atoms with Gasteiger partial charge in [-0.25, -0.2) is 4.39 Å². The van der Waals surface area contributed by atoms with E-state index in [1.54, 1.807) is 12.3 Å². The topological polar surface area (TPSA) is 15.6 Å². The van der Waals surface area contributed by atoms with Crippen LogP contribution in [0.3, 0.4) is 0 Å². The molecule has 1 heterocycles. The van der Waals surface area contributed by atoms with Gasteiger partial charge in [0.2, 0.25) is 0 Å². The van der Waals surface area contributed by atoms with Gasteiger partial charge in [-0.2, -0.15) is 5.10 Å². The zero-order valence-corrected chi connectivity index (χ0v) is 8.69. The molecule has 0 aromatic heterocycles. The fourth-order valence-electron chi connectivity index (χ4n) is 1.73. The number of benzene rings is 1. The van der Waals surface area contributed by atoms with Crippen molar-refractivity contribution in [3.63, 3.8) is 0 Å². The largest absolute Gasteiger partial charge is 0.297 e. The highest BCUT2D eigenvalue weighted by Gasteiger charge is 2.05. The number of rotatable bonds is 2. The van der Waals surface area contributed by atoms with Crippen molar-refractivity contribution in [2.45, 2.75) is 19.3 Å². The van der Waals surface area contributed by atoms with Crippen molar-refractivity contribution >= 4 is 6.21 Å². The van der Waals surface area contributed by atoms with E-state index in [0.29, 0.717) is 0 Å². The second-order valence-corrected chi connectivity index (χ2v) is 3.81. The van der Waals surface area contributed by atoms with Crippen molar-refractivity contribution in [2.75, 3.05) is 13.1 Å². The summed E-state index contributed by atoms with van der Waals surface area (Å²) in [5.41, 5.74) is 0.820. The molecule has 1 saturated heterocycles. The van der Waals surface area contributed by atoms with Crippen molar-refractivity contribution in [1.82, 2.24) is 5.01 Å². The lowest BCUT2D eigenvalue weighted by atomic mass is 10.2. The van der Waals surface area contributed by atoms with E-state index in [2.05, 4.69) is 10.1 Å². The molecule has 2 rings (SSSR count). The summed E-state index contributed by atoms with van der Waals surface area (Å²) in [6, 6.07) is 6.50. The van der Waals surface area contributed by atoms with E-state index in [0.717, 1.165) is 18.7 Å². The van der Waals surface area contributed by atoms with E-state index in [4.69, 9.17) is 0 Å². The molecule has 0 spiro atoms. The first-order valence-electron chi connectivity index (χ1n) is 5.39. The minimum Gasteiger partial charge on any atom is -0.297 e. The molecule has 0 amide bonds. The second kappa shape index (κ2) is 4.91. The molecule has 0 unspecified atom stereocenters. The Balaban J connectivity index is 1.97. The van der Waals surface area contributed by atoms with Gasteiger partial charge in [-0.15, -0.1) is 0 Å². The quantitative estimate of drug-likeness (QED) is 0.679. The van der Waals surface area contributed by atoms with Crippen LogP contribution in [0.5, 0.6) is 0 Å². The molecule has 0 saturated carbocycles. The predicted octanol–water partition coefficient (Wildman–Crippen LogP) is 2.65. The maximum absolute atomic E-state index is 12.9. The lowest BCUT2D eigenvalue weighted by molar-refractivity contribution is 0.240. The number of halogens is 1. The SMILES string of the molecule is Fc1cccc(/C=N\N2CCCCC2)c1. The summed E-state index contributed by atoms with van der Waals surface area (Å²) in [4.78, 5) is 0. The average Bonchev–Trinajstić information content (AvgIpc) is 2.28. The summed E-state index contributed by atoms with van der Waals surface area (Å²) in [5.74, 6) is -0.211. The van der Waals surface area contributed by atoms with E-state index in [9.17, 15) is 4.39 Å². The molecule has 0 N–H and O–H groups in total. The van der Waals surface area contributed by atoms with Gasteiger partial charge in [-0.05, 0) is 37.0 Å². The van der Waals surface area contributed by atoms with Crippen LogP contribution in [0, 0.1) is 5.82 Å². The zero-order chi connectivity index (χ0) is 10.5. The van der Waals surface area contributed by atoms with Crippen LogP contribution in [-0.2, 0) is 0 Å². The van der Waals surface area contributed by atoms with Crippen molar-refractivity contribution < 1.29 is 4.39 Å². The molecule has 2 nitrogen and oxygen atoms in total. The Hall–Kier alpha value is -1.38. The summed E-state index contributed by atoms with van der Waals surface area (Å²) >= 11 is 0. The van der Waals surface area contributed by atoms with Crippen LogP contribution >= 0.6 is 0 Å². The third-order valence-corrected chi connectivity index (χ3v) is 2.55. The molecule has 1 aliphatic heterocycles. The summed E-state index contributed by atoms with van der Waals surface area (Å²) in [7, 11) is 0. The standard InChI is InChI=1S/C12H15FN2/c13-12-6-4-5-11(9-12)10-14-15-7-2-1-3-8-15/h4-6,9-10H,1-3,7-8H2/b14-10-. The lowest BCUT2D eigenvalue weighted by Gasteiger charge is -2.23. The lowest BCUT2D eigenvalue weighted by Crippen LogP contribution is -2.24. The smallest absolute Gasteiger partial charge is 0.123 e. The van der Waals surface area contributed by atoms with Gasteiger partial charge in [0.25, 0.3) is 0 Å². The fraction of sp³-hybridized carbons (Fsp3) is 0.417. The minimum absolute atomic E-state index is 0.211. The van der Waals surface area contributed by atoms with Gasteiger partial charge in [0, 0.05) is 13.1 Å². The Morgan fingerprint density at radius 1 is 1.20 bits per heavy atom. The molecular weight excluding hydrogens is 191 g/mol. The highest BCUT2D eigenvalue weighted by molar-refractivity contribution is 5.79. The van der Waals surface area contributed by atoms with Gasteiger partial charge in [0.05, 0.1) is 6.21 Å². The molecular formula is C12H15FN2. The van der Waals surface area contributed by atoms with Crippen LogP contribution in [0.4, 0.5) is 4.39 Å². The number of nitrogens with zero attached hydrogens (tertiary/aromatic N) is 2. The molecule has 0 radical (unpaired) electrons. The Morgan fingerprint density at radius 2 is 2.00 bits per heavy atom. The Morgan fingerprint density at radius 3 is 2.73 bits per heavy atom. The summed E-state index contributed by atoms with van der Waals surface area (Å²) in [6.07, 6.45) is 5.45. The highest BCUT2D eigenvalue weighted by atomic mass is 19.1. The Bertz CT molecular complexity index is 343. The summed E-state index contributed by atoms with van der Waals surface area (Å²) in [5, 5.41) is 6.39. The molecule has 1 aliphatic rings. The van der Waals surface area contributed by atoms with Gasteiger partial charge < -0.3 is 0 Å². The number of hydrogen-bond acceptors (Lipinski definition) is 2. The minimum atomic E-state index is -0.211. The molecule has 0 bridgehead atoms. The number of hydrazone groups is 1. The fourth-order valence-corrected chi connectivity index (χ4v) is 1.73. The number of hydrogen-bond donors (Lipinski definition) is 0. The molecule has 1 aromatic rings. The van der Waals surface area contributed by atoms with Crippen molar-refractivity contribution in [3.8, 4) is 0 Å². The highest BCUT2D eigenvalue weighted by Crippen LogP contribution is 2.09. The van der Waals surface area contributed by atoms with Crippen molar-refractivity contribution in [1.29, 1.82) is 0 Å². The first-order chi connectivity index (χ1) is 7.34. The van der Waals surface area contributed by atoms with Gasteiger partial charge in [-0.1, -0.05) is 12.1 Å². The van der Waals surface area contributed by atoms with Gasteiger partial charge >= 0.3 is 0 Å². The van der Waals surface area contributed by atoms with Crippen LogP contribution in [-0.4, -0.2) is 24.3 Å². The normalized spacial score (nSPS) is 17.3. The summed E-state index contributed by atoms with van der Waals surface area (Å²) < 4.78 is 12.9. The molecule has 0 atom stereocenters. The third-order valence-electron chi connectivity index (χ3n) is 2.55. The van der Waals surface area contributed by atoms with E-state index in [-0.39, 0.29) is 5.82 Å². The Kier molecular flexibility index (Phi) is 3.33. The summed E-state index contributed by atoms with van der Waals surface area (Å²) in [6.45, 7) is 2.04. The van der Waals surface area contributed by atoms with Crippen LogP contribution in [0.15, 0.2) is 29.4 Å². The van der Waals surface area contributed by atoms with E-state index in [1.165, 1.54) is 31.4 Å². The molecule has 0 aliphatic carbocycles. The van der Waals surface area contributed by atoms with Gasteiger partial charge in [-0.3, -0.25) is 5.01 Å². The third kappa shape index (κ3) is 3.05. The van der Waals surface area contributed by atoms with Crippen LogP contribution < -0.4 is 0 Å². The maximum atomic E-state index is 12.9. The molecule has 1 fully saturated rings. The first kappa shape index (κ1) is 10.1. The molecule has 1 aromatic carbocycles. The van der Waals surface area contributed by atoms with Crippen molar-refractivity contribution in [2.24, 2.45) is 5.10 Å². The average molecular weight is 206 g/mol. The monoisotopic (exact) mass is 206 g/mol. The van der Waals surface area contributed by atoms with E-state index >= 15 is 0 Å². The van der Waals surface area contributed by atoms with Crippen molar-refractivity contribution in [3.05, 3.63) is 35.6 Å². The van der Waals surface area contributed by atoms with E-state index < -0.39 is 0 Å². The maximum Gasteiger partial charge on any atom is 0.123 e. The predicted molar refractivity (Wildman–Crippen MR) is 59.4 cm³/mol. The van der Waals surface area contributed by atoms with Crippen LogP contribution in [0.2, 0.25) is 0 Å². The van der Waals surface area contributed by atoms with Crippen LogP contribution in [0.25, 0.3) is 0 Å². The first-order valence-corrected chi connectivity index (χ1v) is 5.39. The zero-order valence-electron chi connectivity index (χ0n) is 8.69. The molecule has 15 heavy (non-hydrogen) atoms. The molecule has 80 valence electrons. The van der Waals surface area contributed by atoms with Gasteiger partial charge in [0.1, 0.15) is 5.82 Å². The second-order valence-electron chi connectivity index (χ2n) is 3.81.